The molecule has 6 nitrogen and oxygen atoms in total. The van der Waals surface area contributed by atoms with Gasteiger partial charge in [0.15, 0.2) is 0 Å². The van der Waals surface area contributed by atoms with Crippen molar-refractivity contribution in [3.05, 3.63) is 65.5 Å². The van der Waals surface area contributed by atoms with Crippen LogP contribution in [0.5, 0.6) is 0 Å². The van der Waals surface area contributed by atoms with Crippen molar-refractivity contribution in [3.63, 3.8) is 0 Å². The maximum atomic E-state index is 14.0. The van der Waals surface area contributed by atoms with Crippen LogP contribution in [-0.4, -0.2) is 42.3 Å². The number of para-hydroxylation sites is 1. The third-order valence-corrected chi connectivity index (χ3v) is 5.09. The first-order valence-electron chi connectivity index (χ1n) is 10.3. The van der Waals surface area contributed by atoms with Gasteiger partial charge >= 0.3 is 6.09 Å². The Morgan fingerprint density at radius 3 is 2.63 bits per heavy atom. The van der Waals surface area contributed by atoms with Crippen LogP contribution in [-0.2, 0) is 11.3 Å². The van der Waals surface area contributed by atoms with Crippen molar-refractivity contribution in [1.29, 1.82) is 0 Å². The Labute approximate surface area is 177 Å². The zero-order valence-electron chi connectivity index (χ0n) is 17.8. The molecule has 2 unspecified atom stereocenters. The number of hydrogen-bond acceptors (Lipinski definition) is 5. The molecular weight excluding hydrogens is 383 g/mol. The maximum absolute atomic E-state index is 14.0. The molecule has 1 saturated heterocycles. The fraction of sp³-hybridized carbons (Fsp3) is 0.435. The van der Waals surface area contributed by atoms with E-state index in [1.165, 1.54) is 6.07 Å². The van der Waals surface area contributed by atoms with E-state index in [0.29, 0.717) is 31.7 Å². The Morgan fingerprint density at radius 1 is 1.23 bits per heavy atom. The molecule has 0 bridgehead atoms. The molecule has 7 heteroatoms. The molecule has 2 atom stereocenters. The minimum atomic E-state index is -0.574. The Hall–Kier alpha value is -2.64. The van der Waals surface area contributed by atoms with Crippen molar-refractivity contribution in [2.45, 2.75) is 45.0 Å². The number of carbonyl (C=O) groups excluding carboxylic acids is 1. The third-order valence-electron chi connectivity index (χ3n) is 5.09. The quantitative estimate of drug-likeness (QED) is 0.696. The van der Waals surface area contributed by atoms with E-state index in [1.807, 2.05) is 51.1 Å². The van der Waals surface area contributed by atoms with Gasteiger partial charge in [-0.15, -0.1) is 0 Å². The number of nitrogens with one attached hydrogen (secondary N) is 2. The average Bonchev–Trinajstić information content (AvgIpc) is 2.71. The summed E-state index contributed by atoms with van der Waals surface area (Å²) >= 11 is 0. The van der Waals surface area contributed by atoms with Crippen LogP contribution in [0, 0.1) is 5.82 Å². The molecule has 1 fully saturated rings. The van der Waals surface area contributed by atoms with E-state index < -0.39 is 5.60 Å². The standard InChI is InChI=1S/C23H31FN4O2/c1-23(2,3)30-22(29)28-13-12-26-21(20(28)14-25)17-9-5-7-11-19(17)27-15-16-8-4-6-10-18(16)24/h4-11,20-21,26-27H,12-15,25H2,1-3H3. The second kappa shape index (κ2) is 9.45. The average molecular weight is 415 g/mol. The van der Waals surface area contributed by atoms with Gasteiger partial charge in [-0.25, -0.2) is 9.18 Å². The maximum Gasteiger partial charge on any atom is 0.410 e. The minimum absolute atomic E-state index is 0.166. The van der Waals surface area contributed by atoms with E-state index >= 15 is 0 Å². The Kier molecular flexibility index (Phi) is 6.95. The molecule has 2 aromatic carbocycles. The lowest BCUT2D eigenvalue weighted by Gasteiger charge is -2.42. The summed E-state index contributed by atoms with van der Waals surface area (Å²) in [6.07, 6.45) is -0.360. The van der Waals surface area contributed by atoms with Crippen LogP contribution in [0.25, 0.3) is 0 Å². The summed E-state index contributed by atoms with van der Waals surface area (Å²) in [5.41, 5.74) is 7.98. The predicted molar refractivity (Wildman–Crippen MR) is 117 cm³/mol. The van der Waals surface area contributed by atoms with E-state index in [4.69, 9.17) is 10.5 Å². The fourth-order valence-electron chi connectivity index (χ4n) is 3.71. The number of piperazine rings is 1. The van der Waals surface area contributed by atoms with Crippen LogP contribution >= 0.6 is 0 Å². The predicted octanol–water partition coefficient (Wildman–Crippen LogP) is 3.65. The van der Waals surface area contributed by atoms with Gasteiger partial charge < -0.3 is 26.0 Å². The van der Waals surface area contributed by atoms with E-state index in [9.17, 15) is 9.18 Å². The lowest BCUT2D eigenvalue weighted by molar-refractivity contribution is 0.00676. The smallest absolute Gasteiger partial charge is 0.410 e. The van der Waals surface area contributed by atoms with Gasteiger partial charge in [0.1, 0.15) is 11.4 Å². The number of nitrogens with zero attached hydrogens (tertiary/aromatic N) is 1. The Bertz CT molecular complexity index is 868. The summed E-state index contributed by atoms with van der Waals surface area (Å²) in [6.45, 7) is 7.36. The SMILES string of the molecule is CC(C)(C)OC(=O)N1CCNC(c2ccccc2NCc2ccccc2F)C1CN. The van der Waals surface area contributed by atoms with E-state index in [2.05, 4.69) is 10.6 Å². The first-order valence-corrected chi connectivity index (χ1v) is 10.3. The normalized spacial score (nSPS) is 19.4. The summed E-state index contributed by atoms with van der Waals surface area (Å²) in [5, 5.41) is 6.83. The number of anilines is 1. The zero-order valence-corrected chi connectivity index (χ0v) is 17.8. The van der Waals surface area contributed by atoms with Gasteiger partial charge in [0.25, 0.3) is 0 Å². The molecule has 4 N–H and O–H groups in total. The number of nitrogens with two attached hydrogens (primary N) is 1. The Balaban J connectivity index is 1.82. The molecule has 0 radical (unpaired) electrons. The van der Waals surface area contributed by atoms with Crippen molar-refractivity contribution in [2.75, 3.05) is 25.0 Å². The number of hydrogen-bond donors (Lipinski definition) is 3. The number of amides is 1. The van der Waals surface area contributed by atoms with Crippen LogP contribution in [0.1, 0.15) is 37.9 Å². The number of carbonyl (C=O) groups is 1. The molecule has 0 saturated carbocycles. The molecule has 1 aliphatic rings. The third kappa shape index (κ3) is 5.29. The monoisotopic (exact) mass is 414 g/mol. The summed E-state index contributed by atoms with van der Waals surface area (Å²) in [5.74, 6) is -0.241. The van der Waals surface area contributed by atoms with Crippen LogP contribution in [0.3, 0.4) is 0 Å². The van der Waals surface area contributed by atoms with Gasteiger partial charge in [-0.05, 0) is 38.5 Å². The second-order valence-corrected chi connectivity index (χ2v) is 8.44. The lowest BCUT2D eigenvalue weighted by atomic mass is 9.94. The molecule has 30 heavy (non-hydrogen) atoms. The molecule has 1 aliphatic heterocycles. The van der Waals surface area contributed by atoms with Gasteiger partial charge in [-0.2, -0.15) is 0 Å². The lowest BCUT2D eigenvalue weighted by Crippen LogP contribution is -2.58. The molecule has 0 aromatic heterocycles. The van der Waals surface area contributed by atoms with Gasteiger partial charge in [0.05, 0.1) is 12.1 Å². The summed E-state index contributed by atoms with van der Waals surface area (Å²) in [7, 11) is 0. The zero-order chi connectivity index (χ0) is 21.7. The fourth-order valence-corrected chi connectivity index (χ4v) is 3.71. The van der Waals surface area contributed by atoms with Gasteiger partial charge in [-0.3, -0.25) is 0 Å². The highest BCUT2D eigenvalue weighted by atomic mass is 19.1. The van der Waals surface area contributed by atoms with Crippen LogP contribution in [0.2, 0.25) is 0 Å². The van der Waals surface area contributed by atoms with E-state index in [0.717, 1.165) is 11.3 Å². The molecule has 0 spiro atoms. The van der Waals surface area contributed by atoms with Gasteiger partial charge in [0, 0.05) is 37.4 Å². The summed E-state index contributed by atoms with van der Waals surface area (Å²) < 4.78 is 19.6. The van der Waals surface area contributed by atoms with Crippen molar-refractivity contribution in [3.8, 4) is 0 Å². The van der Waals surface area contributed by atoms with Gasteiger partial charge in [-0.1, -0.05) is 36.4 Å². The van der Waals surface area contributed by atoms with Crippen molar-refractivity contribution in [2.24, 2.45) is 5.73 Å². The molecular formula is C23H31FN4O2. The molecule has 1 amide bonds. The second-order valence-electron chi connectivity index (χ2n) is 8.44. The first-order chi connectivity index (χ1) is 14.3. The largest absolute Gasteiger partial charge is 0.444 e. The van der Waals surface area contributed by atoms with Crippen LogP contribution in [0.4, 0.5) is 14.9 Å². The highest BCUT2D eigenvalue weighted by Crippen LogP contribution is 2.30. The molecule has 2 aromatic rings. The minimum Gasteiger partial charge on any atom is -0.444 e. The van der Waals surface area contributed by atoms with Crippen molar-refractivity contribution in [1.82, 2.24) is 10.2 Å². The topological polar surface area (TPSA) is 79.6 Å². The van der Waals surface area contributed by atoms with E-state index in [1.54, 1.807) is 17.0 Å². The number of halogens is 1. The number of benzene rings is 2. The molecule has 3 rings (SSSR count). The van der Waals surface area contributed by atoms with Crippen molar-refractivity contribution >= 4 is 11.8 Å². The van der Waals surface area contributed by atoms with Crippen LogP contribution in [0.15, 0.2) is 48.5 Å². The number of ether oxygens (including phenoxy) is 1. The summed E-state index contributed by atoms with van der Waals surface area (Å²) in [6, 6.07) is 14.1. The molecule has 162 valence electrons. The number of rotatable bonds is 5. The van der Waals surface area contributed by atoms with Crippen LogP contribution < -0.4 is 16.4 Å². The summed E-state index contributed by atoms with van der Waals surface area (Å²) in [4.78, 5) is 14.5. The molecule has 1 heterocycles. The van der Waals surface area contributed by atoms with Gasteiger partial charge in [0.2, 0.25) is 0 Å². The highest BCUT2D eigenvalue weighted by molar-refractivity contribution is 5.69. The first kappa shape index (κ1) is 22.1. The van der Waals surface area contributed by atoms with E-state index in [-0.39, 0.29) is 24.0 Å². The highest BCUT2D eigenvalue weighted by Gasteiger charge is 2.37. The van der Waals surface area contributed by atoms with Crippen molar-refractivity contribution < 1.29 is 13.9 Å². The molecule has 0 aliphatic carbocycles. The Morgan fingerprint density at radius 2 is 1.93 bits per heavy atom.